The van der Waals surface area contributed by atoms with Crippen molar-refractivity contribution in [1.82, 2.24) is 14.9 Å². The molecular weight excluding hydrogens is 593 g/mol. The van der Waals surface area contributed by atoms with E-state index in [9.17, 15) is 27.2 Å². The van der Waals surface area contributed by atoms with Gasteiger partial charge in [-0.2, -0.15) is 0 Å². The summed E-state index contributed by atoms with van der Waals surface area (Å²) < 4.78 is 50.1. The second kappa shape index (κ2) is 15.3. The molecule has 4 N–H and O–H groups in total. The fourth-order valence-corrected chi connectivity index (χ4v) is 5.13. The van der Waals surface area contributed by atoms with Gasteiger partial charge in [0.2, 0.25) is 5.91 Å². The van der Waals surface area contributed by atoms with Gasteiger partial charge in [-0.3, -0.25) is 4.79 Å². The Bertz CT molecular complexity index is 1440. The summed E-state index contributed by atoms with van der Waals surface area (Å²) in [6.45, 7) is 5.95. The van der Waals surface area contributed by atoms with Crippen molar-refractivity contribution in [3.05, 3.63) is 41.3 Å². The molecule has 0 saturated heterocycles. The van der Waals surface area contributed by atoms with Crippen molar-refractivity contribution in [2.24, 2.45) is 0 Å². The highest BCUT2D eigenvalue weighted by atomic mass is 32.2. The lowest BCUT2D eigenvalue weighted by Gasteiger charge is -2.21. The number of likely N-dealkylation sites (N-methyl/N-ethyl adjacent to an activating group) is 1. The number of carboxylic acids is 1. The van der Waals surface area contributed by atoms with Crippen LogP contribution in [0.3, 0.4) is 0 Å². The Morgan fingerprint density at radius 3 is 2.62 bits per heavy atom. The fraction of sp³-hybridized carbons (Fsp3) is 0.423. The Balaban J connectivity index is 1.88. The van der Waals surface area contributed by atoms with Crippen molar-refractivity contribution in [2.45, 2.75) is 32.7 Å². The number of rotatable bonds is 15. The van der Waals surface area contributed by atoms with Gasteiger partial charge in [-0.15, -0.1) is 0 Å². The van der Waals surface area contributed by atoms with Gasteiger partial charge in [0.25, 0.3) is 0 Å². The van der Waals surface area contributed by atoms with Crippen LogP contribution in [0.4, 0.5) is 20.7 Å². The highest BCUT2D eigenvalue weighted by Gasteiger charge is 2.23. The Morgan fingerprint density at radius 2 is 1.98 bits per heavy atom. The Labute approximate surface area is 247 Å². The van der Waals surface area contributed by atoms with Crippen molar-refractivity contribution in [2.75, 3.05) is 49.9 Å². The van der Waals surface area contributed by atoms with E-state index in [2.05, 4.69) is 21.9 Å². The molecule has 0 aliphatic carbocycles. The molecule has 2 rings (SSSR count). The zero-order valence-corrected chi connectivity index (χ0v) is 25.3. The third-order valence-electron chi connectivity index (χ3n) is 6.19. The van der Waals surface area contributed by atoms with E-state index in [1.165, 1.54) is 32.4 Å². The lowest BCUT2D eigenvalue weighted by atomic mass is 10.0. The van der Waals surface area contributed by atoms with E-state index < -0.39 is 45.5 Å². The number of anilines is 2. The molecule has 0 radical (unpaired) electrons. The Kier molecular flexibility index (Phi) is 12.5. The molecule has 2 aromatic rings. The molecule has 0 saturated carbocycles. The van der Waals surface area contributed by atoms with Crippen molar-refractivity contribution >= 4 is 50.3 Å². The van der Waals surface area contributed by atoms with E-state index in [4.69, 9.17) is 20.3 Å². The van der Waals surface area contributed by atoms with Crippen LogP contribution in [-0.2, 0) is 24.2 Å². The Hall–Kier alpha value is -3.92. The first kappa shape index (κ1) is 34.3. The predicted molar refractivity (Wildman–Crippen MR) is 157 cm³/mol. The number of benzene rings is 1. The van der Waals surface area contributed by atoms with Gasteiger partial charge in [-0.1, -0.05) is 6.58 Å². The number of thioether (sulfide) groups is 1. The molecule has 0 bridgehead atoms. The zero-order chi connectivity index (χ0) is 31.6. The molecule has 1 amide bonds. The van der Waals surface area contributed by atoms with E-state index in [1.807, 2.05) is 0 Å². The van der Waals surface area contributed by atoms with E-state index >= 15 is 0 Å². The minimum absolute atomic E-state index is 0.00362. The van der Waals surface area contributed by atoms with Gasteiger partial charge < -0.3 is 30.5 Å². The highest BCUT2D eigenvalue weighted by molar-refractivity contribution is 8.13. The van der Waals surface area contributed by atoms with E-state index in [-0.39, 0.29) is 53.1 Å². The number of carbonyl (C=O) groups is 3. The van der Waals surface area contributed by atoms with Crippen LogP contribution in [0.2, 0.25) is 0 Å². The first-order chi connectivity index (χ1) is 19.7. The summed E-state index contributed by atoms with van der Waals surface area (Å²) in [6.07, 6.45) is 1.12. The summed E-state index contributed by atoms with van der Waals surface area (Å²) in [5.41, 5.74) is 7.89. The number of carbonyl (C=O) groups excluding carboxylic acids is 2. The van der Waals surface area contributed by atoms with Gasteiger partial charge >= 0.3 is 11.3 Å². The number of hydrogen-bond donors (Lipinski definition) is 3. The van der Waals surface area contributed by atoms with Crippen LogP contribution in [0.25, 0.3) is 11.3 Å². The molecule has 1 atom stereocenters. The molecule has 13 nitrogen and oxygen atoms in total. The second-order valence-electron chi connectivity index (χ2n) is 9.03. The minimum atomic E-state index is -3.86. The number of amides is 1. The van der Waals surface area contributed by atoms with Crippen molar-refractivity contribution in [3.8, 4) is 17.0 Å². The number of halogens is 1. The average molecular weight is 628 g/mol. The third kappa shape index (κ3) is 9.30. The number of carboxylic acid groups (broad SMARTS) is 1. The second-order valence-corrected chi connectivity index (χ2v) is 12.3. The van der Waals surface area contributed by atoms with Crippen LogP contribution >= 0.6 is 11.8 Å². The smallest absolute Gasteiger partial charge is 0.367 e. The fourth-order valence-electron chi connectivity index (χ4n) is 3.52. The number of nitrogens with one attached hydrogen (secondary N) is 1. The average Bonchev–Trinajstić information content (AvgIpc) is 2.94. The largest absolute Gasteiger partial charge is 0.488 e. The van der Waals surface area contributed by atoms with Crippen molar-refractivity contribution in [1.29, 1.82) is 0 Å². The van der Waals surface area contributed by atoms with Crippen LogP contribution in [0.15, 0.2) is 29.9 Å². The summed E-state index contributed by atoms with van der Waals surface area (Å²) in [6, 6.07) is 1.61. The zero-order valence-electron chi connectivity index (χ0n) is 23.7. The molecule has 0 fully saturated rings. The maximum Gasteiger partial charge on any atom is 0.367 e. The van der Waals surface area contributed by atoms with Gasteiger partial charge in [0.05, 0.1) is 17.3 Å². The maximum absolute atomic E-state index is 14.2. The van der Waals surface area contributed by atoms with Crippen molar-refractivity contribution in [3.63, 3.8) is 0 Å². The van der Waals surface area contributed by atoms with Crippen molar-refractivity contribution < 1.29 is 41.8 Å². The molecule has 0 aliphatic rings. The number of aliphatic carboxylic acids is 1. The van der Waals surface area contributed by atoms with E-state index in [0.29, 0.717) is 28.6 Å². The molecule has 230 valence electrons. The van der Waals surface area contributed by atoms with Crippen LogP contribution in [0.5, 0.6) is 5.75 Å². The molecule has 1 aromatic heterocycles. The number of sulfone groups is 1. The number of nitrogens with zero attached hydrogens (tertiary/aromatic N) is 3. The third-order valence-corrected chi connectivity index (χ3v) is 8.78. The topological polar surface area (TPSA) is 191 Å². The number of aromatic nitrogens is 2. The molecule has 0 spiro atoms. The van der Waals surface area contributed by atoms with Gasteiger partial charge in [0.1, 0.15) is 30.5 Å². The van der Waals surface area contributed by atoms with Crippen LogP contribution in [-0.4, -0.2) is 90.4 Å². The van der Waals surface area contributed by atoms with Crippen LogP contribution in [0, 0.1) is 12.7 Å². The first-order valence-electron chi connectivity index (χ1n) is 12.6. The quantitative estimate of drug-likeness (QED) is 0.193. The van der Waals surface area contributed by atoms with E-state index in [0.717, 1.165) is 4.90 Å². The number of nitrogens with two attached hydrogens (primary N) is 1. The van der Waals surface area contributed by atoms with E-state index in [1.54, 1.807) is 14.0 Å². The molecular formula is C26H34FN5O8S2. The lowest BCUT2D eigenvalue weighted by molar-refractivity contribution is -0.148. The molecule has 16 heteroatoms. The minimum Gasteiger partial charge on any atom is -0.488 e. The van der Waals surface area contributed by atoms with Gasteiger partial charge in [-0.25, -0.2) is 32.4 Å². The summed E-state index contributed by atoms with van der Waals surface area (Å²) >= 11 is 0.656. The molecule has 0 unspecified atom stereocenters. The predicted octanol–water partition coefficient (Wildman–Crippen LogP) is 3.10. The van der Waals surface area contributed by atoms with Crippen LogP contribution in [0.1, 0.15) is 25.3 Å². The lowest BCUT2D eigenvalue weighted by Crippen LogP contribution is -2.40. The van der Waals surface area contributed by atoms with Gasteiger partial charge in [-0.05, 0) is 49.7 Å². The standard InChI is InChI=1S/C26H34FN5O8S2/c1-15(13-40-26(36)41-9-7-21(33)32(5)17(3)25(34)35)42(37,38)10-6-8-39-23-22(30-14-31-24(23)28)19-11-18(27)12-20(29-4)16(19)2/h11-12,14,17,29H,1,6-10,13H2,2-5H3,(H,34,35)(H2,28,30,31)/t17-/m0/s1. The number of hydrogen-bond acceptors (Lipinski definition) is 12. The normalized spacial score (nSPS) is 11.8. The SMILES string of the molecule is C=C(COC(=O)SCCC(=O)N(C)[C@@H](C)C(=O)O)S(=O)(=O)CCCOc1c(N)ncnc1-c1cc(F)cc(NC)c1C. The molecule has 1 heterocycles. The summed E-state index contributed by atoms with van der Waals surface area (Å²) in [7, 11) is -0.868. The first-order valence-corrected chi connectivity index (χ1v) is 15.2. The molecule has 1 aromatic carbocycles. The maximum atomic E-state index is 14.2. The monoisotopic (exact) mass is 627 g/mol. The summed E-state index contributed by atoms with van der Waals surface area (Å²) in [4.78, 5) is 43.8. The van der Waals surface area contributed by atoms with Gasteiger partial charge in [0.15, 0.2) is 21.4 Å². The molecule has 0 aliphatic heterocycles. The van der Waals surface area contributed by atoms with Gasteiger partial charge in [0, 0.05) is 37.5 Å². The van der Waals surface area contributed by atoms with Crippen LogP contribution < -0.4 is 15.8 Å². The Morgan fingerprint density at radius 1 is 1.29 bits per heavy atom. The molecule has 42 heavy (non-hydrogen) atoms. The number of nitrogen functional groups attached to an aromatic ring is 1. The highest BCUT2D eigenvalue weighted by Crippen LogP contribution is 2.36. The summed E-state index contributed by atoms with van der Waals surface area (Å²) in [5, 5.41) is 11.1. The summed E-state index contributed by atoms with van der Waals surface area (Å²) in [5.74, 6) is -2.40. The number of ether oxygens (including phenoxy) is 2.